The van der Waals surface area contributed by atoms with Crippen molar-refractivity contribution in [1.82, 2.24) is 5.32 Å². The third-order valence-corrected chi connectivity index (χ3v) is 3.26. The number of rotatable bonds is 8. The van der Waals surface area contributed by atoms with Crippen LogP contribution >= 0.6 is 0 Å². The lowest BCUT2D eigenvalue weighted by molar-refractivity contribution is 0.373. The van der Waals surface area contributed by atoms with Crippen LogP contribution in [0.5, 0.6) is 5.75 Å². The first kappa shape index (κ1) is 16.0. The molecule has 0 aliphatic carbocycles. The summed E-state index contributed by atoms with van der Waals surface area (Å²) in [6.45, 7) is 7.41. The molecule has 108 valence electrons. The maximum atomic E-state index is 14.3. The number of hydrogen-bond acceptors (Lipinski definition) is 2. The molecule has 0 radical (unpaired) electrons. The molecule has 19 heavy (non-hydrogen) atoms. The summed E-state index contributed by atoms with van der Waals surface area (Å²) in [6, 6.07) is 5.44. The van der Waals surface area contributed by atoms with E-state index in [-0.39, 0.29) is 11.9 Å². The Kier molecular flexibility index (Phi) is 6.85. The van der Waals surface area contributed by atoms with Crippen molar-refractivity contribution < 1.29 is 9.13 Å². The van der Waals surface area contributed by atoms with E-state index in [1.807, 2.05) is 12.1 Å². The molecular weight excluding hydrogens is 241 g/mol. The van der Waals surface area contributed by atoms with Gasteiger partial charge in [0.05, 0.1) is 7.11 Å². The van der Waals surface area contributed by atoms with Crippen LogP contribution in [0.1, 0.15) is 51.6 Å². The third-order valence-electron chi connectivity index (χ3n) is 3.26. The molecule has 1 aromatic rings. The van der Waals surface area contributed by atoms with Gasteiger partial charge in [-0.15, -0.1) is 0 Å². The Morgan fingerprint density at radius 2 is 2.00 bits per heavy atom. The first-order valence-corrected chi connectivity index (χ1v) is 7.15. The predicted molar refractivity (Wildman–Crippen MR) is 78.1 cm³/mol. The Bertz CT molecular complexity index is 379. The highest BCUT2D eigenvalue weighted by atomic mass is 19.1. The molecule has 1 rings (SSSR count). The van der Waals surface area contributed by atoms with Gasteiger partial charge in [0.25, 0.3) is 0 Å². The summed E-state index contributed by atoms with van der Waals surface area (Å²) in [4.78, 5) is 0. The molecule has 0 bridgehead atoms. The lowest BCUT2D eigenvalue weighted by atomic mass is 9.97. The fraction of sp³-hybridized carbons (Fsp3) is 0.625. The molecule has 1 aromatic carbocycles. The zero-order valence-electron chi connectivity index (χ0n) is 12.5. The van der Waals surface area contributed by atoms with Gasteiger partial charge in [-0.25, -0.2) is 4.39 Å². The summed E-state index contributed by atoms with van der Waals surface area (Å²) >= 11 is 0. The van der Waals surface area contributed by atoms with Crippen molar-refractivity contribution in [3.63, 3.8) is 0 Å². The molecular formula is C16H26FNO. The van der Waals surface area contributed by atoms with E-state index in [2.05, 4.69) is 26.1 Å². The Labute approximate surface area is 116 Å². The second-order valence-corrected chi connectivity index (χ2v) is 5.34. The van der Waals surface area contributed by atoms with Crippen LogP contribution < -0.4 is 10.1 Å². The number of halogens is 1. The van der Waals surface area contributed by atoms with Gasteiger partial charge in [-0.05, 0) is 37.8 Å². The molecule has 1 atom stereocenters. The van der Waals surface area contributed by atoms with Gasteiger partial charge in [-0.1, -0.05) is 32.9 Å². The quantitative estimate of drug-likeness (QED) is 0.757. The van der Waals surface area contributed by atoms with Gasteiger partial charge in [0.1, 0.15) is 0 Å². The average Bonchev–Trinajstić information content (AvgIpc) is 2.39. The highest BCUT2D eigenvalue weighted by Crippen LogP contribution is 2.28. The van der Waals surface area contributed by atoms with Crippen molar-refractivity contribution in [1.29, 1.82) is 0 Å². The molecule has 0 saturated heterocycles. The van der Waals surface area contributed by atoms with Gasteiger partial charge in [0.15, 0.2) is 11.6 Å². The predicted octanol–water partition coefficient (Wildman–Crippen LogP) is 4.31. The molecule has 2 nitrogen and oxygen atoms in total. The molecule has 3 heteroatoms. The van der Waals surface area contributed by atoms with Gasteiger partial charge >= 0.3 is 0 Å². The summed E-state index contributed by atoms with van der Waals surface area (Å²) < 4.78 is 19.4. The molecule has 1 unspecified atom stereocenters. The van der Waals surface area contributed by atoms with E-state index in [4.69, 9.17) is 4.74 Å². The third kappa shape index (κ3) is 4.83. The Morgan fingerprint density at radius 3 is 2.58 bits per heavy atom. The monoisotopic (exact) mass is 267 g/mol. The van der Waals surface area contributed by atoms with E-state index in [1.165, 1.54) is 7.11 Å². The molecule has 0 heterocycles. The van der Waals surface area contributed by atoms with E-state index in [9.17, 15) is 4.39 Å². The minimum atomic E-state index is -0.234. The van der Waals surface area contributed by atoms with Crippen molar-refractivity contribution in [3.8, 4) is 5.75 Å². The Balaban J connectivity index is 2.89. The van der Waals surface area contributed by atoms with E-state index >= 15 is 0 Å². The van der Waals surface area contributed by atoms with Gasteiger partial charge < -0.3 is 10.1 Å². The van der Waals surface area contributed by atoms with E-state index in [1.54, 1.807) is 6.07 Å². The van der Waals surface area contributed by atoms with E-state index in [0.717, 1.165) is 25.8 Å². The van der Waals surface area contributed by atoms with Crippen molar-refractivity contribution in [2.45, 2.75) is 46.1 Å². The zero-order chi connectivity index (χ0) is 14.3. The number of methoxy groups -OCH3 is 1. The summed E-state index contributed by atoms with van der Waals surface area (Å²) in [7, 11) is 1.50. The fourth-order valence-electron chi connectivity index (χ4n) is 2.14. The second-order valence-electron chi connectivity index (χ2n) is 5.34. The summed E-state index contributed by atoms with van der Waals surface area (Å²) in [5.41, 5.74) is 0.716. The number of nitrogens with one attached hydrogen (secondary N) is 1. The van der Waals surface area contributed by atoms with Crippen molar-refractivity contribution in [2.75, 3.05) is 13.7 Å². The van der Waals surface area contributed by atoms with Gasteiger partial charge in [0, 0.05) is 11.6 Å². The largest absolute Gasteiger partial charge is 0.494 e. The average molecular weight is 267 g/mol. The first-order chi connectivity index (χ1) is 9.10. The lowest BCUT2D eigenvalue weighted by Gasteiger charge is -2.21. The molecule has 0 aliphatic rings. The topological polar surface area (TPSA) is 21.3 Å². The summed E-state index contributed by atoms with van der Waals surface area (Å²) in [5, 5.41) is 3.44. The van der Waals surface area contributed by atoms with Crippen molar-refractivity contribution in [3.05, 3.63) is 29.6 Å². The highest BCUT2D eigenvalue weighted by molar-refractivity contribution is 5.33. The van der Waals surface area contributed by atoms with Crippen LogP contribution in [0.4, 0.5) is 4.39 Å². The molecule has 1 N–H and O–H groups in total. The molecule has 0 amide bonds. The maximum absolute atomic E-state index is 14.3. The Morgan fingerprint density at radius 1 is 1.26 bits per heavy atom. The second kappa shape index (κ2) is 8.16. The SMILES string of the molecule is CCCNC(CCC(C)C)c1cccc(OC)c1F. The van der Waals surface area contributed by atoms with Crippen molar-refractivity contribution in [2.24, 2.45) is 5.92 Å². The molecule has 0 fully saturated rings. The minimum absolute atomic E-state index is 0.0671. The lowest BCUT2D eigenvalue weighted by Crippen LogP contribution is -2.23. The number of hydrogen-bond donors (Lipinski definition) is 1. The fourth-order valence-corrected chi connectivity index (χ4v) is 2.14. The van der Waals surface area contributed by atoms with Gasteiger partial charge in [-0.2, -0.15) is 0 Å². The number of ether oxygens (including phenoxy) is 1. The van der Waals surface area contributed by atoms with Crippen LogP contribution in [-0.4, -0.2) is 13.7 Å². The van der Waals surface area contributed by atoms with Crippen LogP contribution in [0, 0.1) is 11.7 Å². The molecule has 0 aromatic heterocycles. The highest BCUT2D eigenvalue weighted by Gasteiger charge is 2.18. The van der Waals surface area contributed by atoms with Crippen molar-refractivity contribution >= 4 is 0 Å². The first-order valence-electron chi connectivity index (χ1n) is 7.15. The van der Waals surface area contributed by atoms with Gasteiger partial charge in [0.2, 0.25) is 0 Å². The van der Waals surface area contributed by atoms with Crippen LogP contribution in [0.2, 0.25) is 0 Å². The minimum Gasteiger partial charge on any atom is -0.494 e. The Hall–Kier alpha value is -1.09. The van der Waals surface area contributed by atoms with Crippen LogP contribution in [0.3, 0.4) is 0 Å². The van der Waals surface area contributed by atoms with E-state index in [0.29, 0.717) is 17.2 Å². The standard InChI is InChI=1S/C16H26FNO/c1-5-11-18-14(10-9-12(2)3)13-7-6-8-15(19-4)16(13)17/h6-8,12,14,18H,5,9-11H2,1-4H3. The van der Waals surface area contributed by atoms with Gasteiger partial charge in [-0.3, -0.25) is 0 Å². The molecule has 0 aliphatic heterocycles. The summed E-state index contributed by atoms with van der Waals surface area (Å²) in [5.74, 6) is 0.715. The van der Waals surface area contributed by atoms with E-state index < -0.39 is 0 Å². The summed E-state index contributed by atoms with van der Waals surface area (Å²) in [6.07, 6.45) is 3.07. The van der Waals surface area contributed by atoms with Crippen LogP contribution in [0.15, 0.2) is 18.2 Å². The van der Waals surface area contributed by atoms with Crippen LogP contribution in [0.25, 0.3) is 0 Å². The maximum Gasteiger partial charge on any atom is 0.169 e. The zero-order valence-corrected chi connectivity index (χ0v) is 12.5. The molecule has 0 spiro atoms. The smallest absolute Gasteiger partial charge is 0.169 e. The number of benzene rings is 1. The van der Waals surface area contributed by atoms with Crippen LogP contribution in [-0.2, 0) is 0 Å². The normalized spacial score (nSPS) is 12.7. The molecule has 0 saturated carbocycles.